The van der Waals surface area contributed by atoms with E-state index in [0.29, 0.717) is 6.10 Å². The summed E-state index contributed by atoms with van der Waals surface area (Å²) in [4.78, 5) is 0. The molecule has 0 radical (unpaired) electrons. The quantitative estimate of drug-likeness (QED) is 0.495. The Morgan fingerprint density at radius 3 is 3.00 bits per heavy atom. The fourth-order valence-corrected chi connectivity index (χ4v) is 2.78. The van der Waals surface area contributed by atoms with Crippen LogP contribution in [-0.4, -0.2) is 24.9 Å². The van der Waals surface area contributed by atoms with Gasteiger partial charge in [0.05, 0.1) is 19.3 Å². The molecule has 2 bridgehead atoms. The highest BCUT2D eigenvalue weighted by molar-refractivity contribution is 5.07. The Balaban J connectivity index is 1.63. The molecule has 0 saturated carbocycles. The summed E-state index contributed by atoms with van der Waals surface area (Å²) >= 11 is 0. The first-order valence-electron chi connectivity index (χ1n) is 7.28. The molecule has 2 atom stereocenters. The molecule has 2 heterocycles. The molecule has 2 nitrogen and oxygen atoms in total. The first-order valence-corrected chi connectivity index (χ1v) is 7.28. The highest BCUT2D eigenvalue weighted by atomic mass is 16.6. The number of unbranched alkanes of at least 4 members (excludes halogenated alkanes) is 5. The molecule has 2 unspecified atom stereocenters. The van der Waals surface area contributed by atoms with Crippen LogP contribution in [0.1, 0.15) is 58.3 Å². The highest BCUT2D eigenvalue weighted by Gasteiger charge is 2.41. The standard InChI is InChI=1S/C15H26O2/c1-2-3-4-5-6-7-8-10-15-11-9-14(17-15)12-16-13-15/h8,10,14H,2-7,9,11-13H2,1H3/b10-8+. The third-order valence-corrected chi connectivity index (χ3v) is 3.84. The second kappa shape index (κ2) is 6.55. The molecule has 0 aromatic rings. The molecular weight excluding hydrogens is 212 g/mol. The molecular formula is C15H26O2. The number of ether oxygens (including phenoxy) is 2. The molecule has 98 valence electrons. The van der Waals surface area contributed by atoms with Gasteiger partial charge >= 0.3 is 0 Å². The fraction of sp³-hybridized carbons (Fsp3) is 0.867. The number of hydrogen-bond donors (Lipinski definition) is 0. The summed E-state index contributed by atoms with van der Waals surface area (Å²) in [6, 6.07) is 0. The van der Waals surface area contributed by atoms with E-state index in [9.17, 15) is 0 Å². The van der Waals surface area contributed by atoms with Crippen molar-refractivity contribution in [3.8, 4) is 0 Å². The lowest BCUT2D eigenvalue weighted by molar-refractivity contribution is -0.135. The monoisotopic (exact) mass is 238 g/mol. The highest BCUT2D eigenvalue weighted by Crippen LogP contribution is 2.35. The third-order valence-electron chi connectivity index (χ3n) is 3.84. The second-order valence-corrected chi connectivity index (χ2v) is 5.46. The molecule has 0 amide bonds. The Labute approximate surface area is 105 Å². The van der Waals surface area contributed by atoms with Crippen LogP contribution >= 0.6 is 0 Å². The zero-order valence-corrected chi connectivity index (χ0v) is 11.1. The van der Waals surface area contributed by atoms with Crippen molar-refractivity contribution in [1.82, 2.24) is 0 Å². The van der Waals surface area contributed by atoms with Crippen molar-refractivity contribution >= 4 is 0 Å². The van der Waals surface area contributed by atoms with Crippen molar-refractivity contribution in [1.29, 1.82) is 0 Å². The minimum Gasteiger partial charge on any atom is -0.375 e. The van der Waals surface area contributed by atoms with Gasteiger partial charge in [-0.1, -0.05) is 44.8 Å². The van der Waals surface area contributed by atoms with E-state index in [4.69, 9.17) is 9.47 Å². The van der Waals surface area contributed by atoms with Crippen LogP contribution in [0.3, 0.4) is 0 Å². The topological polar surface area (TPSA) is 18.5 Å². The van der Waals surface area contributed by atoms with Crippen LogP contribution < -0.4 is 0 Å². The second-order valence-electron chi connectivity index (χ2n) is 5.46. The van der Waals surface area contributed by atoms with Gasteiger partial charge in [0.25, 0.3) is 0 Å². The molecule has 2 heteroatoms. The van der Waals surface area contributed by atoms with E-state index < -0.39 is 0 Å². The van der Waals surface area contributed by atoms with Crippen LogP contribution in [0.2, 0.25) is 0 Å². The molecule has 2 aliphatic heterocycles. The van der Waals surface area contributed by atoms with E-state index in [2.05, 4.69) is 19.1 Å². The molecule has 0 spiro atoms. The first kappa shape index (κ1) is 13.1. The molecule has 2 rings (SSSR count). The Morgan fingerprint density at radius 1 is 1.24 bits per heavy atom. The van der Waals surface area contributed by atoms with E-state index in [-0.39, 0.29) is 5.60 Å². The molecule has 2 fully saturated rings. The number of allylic oxidation sites excluding steroid dienone is 1. The van der Waals surface area contributed by atoms with Crippen molar-refractivity contribution in [2.24, 2.45) is 0 Å². The summed E-state index contributed by atoms with van der Waals surface area (Å²) in [7, 11) is 0. The Kier molecular flexibility index (Phi) is 5.05. The fourth-order valence-electron chi connectivity index (χ4n) is 2.78. The molecule has 0 N–H and O–H groups in total. The van der Waals surface area contributed by atoms with Crippen molar-refractivity contribution in [3.05, 3.63) is 12.2 Å². The van der Waals surface area contributed by atoms with Gasteiger partial charge in [0, 0.05) is 0 Å². The zero-order chi connectivity index (χ0) is 12.0. The molecule has 0 aliphatic carbocycles. The van der Waals surface area contributed by atoms with Crippen LogP contribution in [0.25, 0.3) is 0 Å². The smallest absolute Gasteiger partial charge is 0.110 e. The van der Waals surface area contributed by atoms with E-state index in [1.165, 1.54) is 44.9 Å². The lowest BCUT2D eigenvalue weighted by atomic mass is 10.00. The van der Waals surface area contributed by atoms with E-state index in [1.54, 1.807) is 0 Å². The summed E-state index contributed by atoms with van der Waals surface area (Å²) in [5, 5.41) is 0. The Morgan fingerprint density at radius 2 is 2.12 bits per heavy atom. The summed E-state index contributed by atoms with van der Waals surface area (Å²) in [5.41, 5.74) is -0.0632. The first-order chi connectivity index (χ1) is 8.35. The summed E-state index contributed by atoms with van der Waals surface area (Å²) in [5.74, 6) is 0. The van der Waals surface area contributed by atoms with E-state index >= 15 is 0 Å². The maximum atomic E-state index is 6.02. The van der Waals surface area contributed by atoms with Crippen molar-refractivity contribution in [2.75, 3.05) is 13.2 Å². The minimum absolute atomic E-state index is 0.0632. The number of hydrogen-bond acceptors (Lipinski definition) is 2. The lowest BCUT2D eigenvalue weighted by Crippen LogP contribution is -2.38. The van der Waals surface area contributed by atoms with Crippen LogP contribution in [0.5, 0.6) is 0 Å². The van der Waals surface area contributed by atoms with Gasteiger partial charge in [0.1, 0.15) is 5.60 Å². The SMILES string of the molecule is CCCCCCC/C=C/C12CCC(COC1)O2. The van der Waals surface area contributed by atoms with Gasteiger partial charge in [-0.15, -0.1) is 0 Å². The summed E-state index contributed by atoms with van der Waals surface area (Å²) in [6.45, 7) is 3.82. The lowest BCUT2D eigenvalue weighted by Gasteiger charge is -2.30. The summed E-state index contributed by atoms with van der Waals surface area (Å²) in [6.07, 6.45) is 15.2. The third kappa shape index (κ3) is 3.82. The summed E-state index contributed by atoms with van der Waals surface area (Å²) < 4.78 is 11.6. The van der Waals surface area contributed by atoms with Gasteiger partial charge in [-0.3, -0.25) is 0 Å². The number of fused-ring (bicyclic) bond motifs is 2. The van der Waals surface area contributed by atoms with Gasteiger partial charge in [-0.2, -0.15) is 0 Å². The molecule has 0 aromatic heterocycles. The van der Waals surface area contributed by atoms with Gasteiger partial charge in [-0.05, 0) is 25.7 Å². The van der Waals surface area contributed by atoms with Crippen LogP contribution in [-0.2, 0) is 9.47 Å². The molecule has 2 aliphatic rings. The maximum absolute atomic E-state index is 6.02. The largest absolute Gasteiger partial charge is 0.375 e. The van der Waals surface area contributed by atoms with Gasteiger partial charge in [-0.25, -0.2) is 0 Å². The number of rotatable bonds is 7. The van der Waals surface area contributed by atoms with Crippen molar-refractivity contribution < 1.29 is 9.47 Å². The van der Waals surface area contributed by atoms with Crippen LogP contribution in [0.15, 0.2) is 12.2 Å². The Bertz CT molecular complexity index is 245. The van der Waals surface area contributed by atoms with Gasteiger partial charge < -0.3 is 9.47 Å². The van der Waals surface area contributed by atoms with Gasteiger partial charge in [0.2, 0.25) is 0 Å². The maximum Gasteiger partial charge on any atom is 0.110 e. The predicted molar refractivity (Wildman–Crippen MR) is 70.2 cm³/mol. The van der Waals surface area contributed by atoms with Crippen LogP contribution in [0.4, 0.5) is 0 Å². The van der Waals surface area contributed by atoms with Crippen molar-refractivity contribution in [2.45, 2.75) is 70.0 Å². The van der Waals surface area contributed by atoms with Crippen LogP contribution in [0, 0.1) is 0 Å². The minimum atomic E-state index is -0.0632. The zero-order valence-electron chi connectivity index (χ0n) is 11.1. The molecule has 17 heavy (non-hydrogen) atoms. The molecule has 0 aromatic carbocycles. The Hall–Kier alpha value is -0.340. The van der Waals surface area contributed by atoms with E-state index in [1.807, 2.05) is 0 Å². The molecule has 2 saturated heterocycles. The average Bonchev–Trinajstić information content (AvgIpc) is 2.64. The predicted octanol–water partition coefficient (Wildman–Crippen LogP) is 3.85. The van der Waals surface area contributed by atoms with Crippen molar-refractivity contribution in [3.63, 3.8) is 0 Å². The van der Waals surface area contributed by atoms with Gasteiger partial charge in [0.15, 0.2) is 0 Å². The van der Waals surface area contributed by atoms with E-state index in [0.717, 1.165) is 19.6 Å². The normalized spacial score (nSPS) is 32.4. The average molecular weight is 238 g/mol.